The molecule has 1 unspecified atom stereocenters. The summed E-state index contributed by atoms with van der Waals surface area (Å²) in [6, 6.07) is 6.75. The monoisotopic (exact) mass is 426 g/mol. The average Bonchev–Trinajstić information content (AvgIpc) is 3.12. The topological polar surface area (TPSA) is 101 Å². The molecule has 3 rings (SSSR count). The second-order valence-electron chi connectivity index (χ2n) is 5.47. The maximum Gasteiger partial charge on any atom is 0.269 e. The maximum atomic E-state index is 12.6. The molecule has 0 spiro atoms. The quantitative estimate of drug-likeness (QED) is 0.412. The molecule has 0 fully saturated rings. The molecule has 27 heavy (non-hydrogen) atoms. The first kappa shape index (κ1) is 19.6. The van der Waals surface area contributed by atoms with Crippen LogP contribution < -0.4 is 14.4 Å². The van der Waals surface area contributed by atoms with E-state index in [2.05, 4.69) is 22.1 Å². The van der Waals surface area contributed by atoms with Crippen LogP contribution >= 0.6 is 23.1 Å². The number of aromatic nitrogens is 2. The number of carbonyl (C=O) groups excluding carboxylic acids is 1. The van der Waals surface area contributed by atoms with E-state index in [1.54, 1.807) is 37.3 Å². The van der Waals surface area contributed by atoms with Crippen LogP contribution in [0.5, 0.6) is 5.75 Å². The van der Waals surface area contributed by atoms with Gasteiger partial charge in [0.15, 0.2) is 10.4 Å². The van der Waals surface area contributed by atoms with E-state index in [0.717, 1.165) is 0 Å². The van der Waals surface area contributed by atoms with Crippen LogP contribution in [-0.2, 0) is 14.8 Å². The van der Waals surface area contributed by atoms with E-state index < -0.39 is 22.0 Å². The first-order chi connectivity index (χ1) is 12.9. The molecule has 0 saturated heterocycles. The number of nitrogens with one attached hydrogen (secondary N) is 1. The van der Waals surface area contributed by atoms with Crippen LogP contribution in [0, 0.1) is 0 Å². The van der Waals surface area contributed by atoms with E-state index >= 15 is 0 Å². The summed E-state index contributed by atoms with van der Waals surface area (Å²) >= 11 is 2.69. The summed E-state index contributed by atoms with van der Waals surface area (Å²) < 4.78 is 32.6. The number of ether oxygens (including phenoxy) is 1. The largest absolute Gasteiger partial charge is 0.476 e. The number of rotatable bonds is 7. The third kappa shape index (κ3) is 4.42. The van der Waals surface area contributed by atoms with Gasteiger partial charge in [0, 0.05) is 5.75 Å². The number of carbonyl (C=O) groups is 1. The van der Waals surface area contributed by atoms with Gasteiger partial charge in [-0.1, -0.05) is 41.3 Å². The number of amides is 1. The lowest BCUT2D eigenvalue weighted by molar-refractivity contribution is -0.122. The lowest BCUT2D eigenvalue weighted by atomic mass is 10.2. The highest BCUT2D eigenvalue weighted by Gasteiger charge is 2.36. The Bertz CT molecular complexity index is 945. The molecular weight excluding hydrogens is 408 g/mol. The van der Waals surface area contributed by atoms with Crippen molar-refractivity contribution in [2.24, 2.45) is 0 Å². The Hall–Kier alpha value is -2.11. The van der Waals surface area contributed by atoms with Crippen molar-refractivity contribution < 1.29 is 17.9 Å². The van der Waals surface area contributed by atoms with Crippen molar-refractivity contribution in [3.8, 4) is 5.75 Å². The van der Waals surface area contributed by atoms with Gasteiger partial charge < -0.3 is 4.74 Å². The number of thioether (sulfide) groups is 1. The van der Waals surface area contributed by atoms with E-state index in [9.17, 15) is 13.2 Å². The zero-order valence-electron chi connectivity index (χ0n) is 14.5. The smallest absolute Gasteiger partial charge is 0.269 e. The van der Waals surface area contributed by atoms with Crippen molar-refractivity contribution in [3.05, 3.63) is 36.9 Å². The molecule has 2 heterocycles. The highest BCUT2D eigenvalue weighted by atomic mass is 32.2. The molecule has 1 atom stereocenters. The van der Waals surface area contributed by atoms with Crippen molar-refractivity contribution in [2.45, 2.75) is 17.4 Å². The average molecular weight is 427 g/mol. The van der Waals surface area contributed by atoms with Crippen molar-refractivity contribution in [3.63, 3.8) is 0 Å². The summed E-state index contributed by atoms with van der Waals surface area (Å²) in [4.78, 5) is 12.6. The number of fused-ring (bicyclic) bond motifs is 1. The Kier molecular flexibility index (Phi) is 6.02. The lowest BCUT2D eigenvalue weighted by Gasteiger charge is -2.34. The molecule has 0 radical (unpaired) electrons. The molecular formula is C16H18N4O4S3. The number of anilines is 2. The molecule has 1 N–H and O–H groups in total. The fourth-order valence-corrected chi connectivity index (χ4v) is 5.03. The molecule has 1 aromatic carbocycles. The van der Waals surface area contributed by atoms with Crippen LogP contribution in [0.4, 0.5) is 10.8 Å². The van der Waals surface area contributed by atoms with Gasteiger partial charge in [0.25, 0.3) is 5.91 Å². The second kappa shape index (κ2) is 8.28. The third-order valence-electron chi connectivity index (χ3n) is 3.69. The van der Waals surface area contributed by atoms with Gasteiger partial charge in [0.2, 0.25) is 15.2 Å². The van der Waals surface area contributed by atoms with Crippen LogP contribution in [0.3, 0.4) is 0 Å². The normalized spacial score (nSPS) is 16.3. The molecule has 1 aliphatic heterocycles. The minimum absolute atomic E-state index is 0.0735. The molecule has 11 heteroatoms. The lowest BCUT2D eigenvalue weighted by Crippen LogP contribution is -2.49. The van der Waals surface area contributed by atoms with Crippen molar-refractivity contribution in [2.75, 3.05) is 27.7 Å². The molecule has 1 amide bonds. The van der Waals surface area contributed by atoms with Crippen molar-refractivity contribution in [1.82, 2.24) is 10.2 Å². The van der Waals surface area contributed by atoms with Gasteiger partial charge in [-0.15, -0.1) is 16.8 Å². The summed E-state index contributed by atoms with van der Waals surface area (Å²) in [7, 11) is -3.54. The van der Waals surface area contributed by atoms with Crippen LogP contribution in [0.15, 0.2) is 41.3 Å². The SMILES string of the molecule is C=CCSc1nnc(NC(=O)C2CN(S(=O)(=O)CC)c3ccccc3O2)s1. The number of para-hydroxylation sites is 2. The van der Waals surface area contributed by atoms with Gasteiger partial charge in [0.05, 0.1) is 18.0 Å². The minimum Gasteiger partial charge on any atom is -0.476 e. The van der Waals surface area contributed by atoms with Gasteiger partial charge in [-0.3, -0.25) is 14.4 Å². The summed E-state index contributed by atoms with van der Waals surface area (Å²) in [6.07, 6.45) is 0.759. The number of benzene rings is 1. The van der Waals surface area contributed by atoms with Gasteiger partial charge in [-0.25, -0.2) is 8.42 Å². The molecule has 8 nitrogen and oxygen atoms in total. The number of nitrogens with zero attached hydrogens (tertiary/aromatic N) is 3. The summed E-state index contributed by atoms with van der Waals surface area (Å²) in [5, 5.41) is 10.9. The van der Waals surface area contributed by atoms with E-state index in [0.29, 0.717) is 26.7 Å². The van der Waals surface area contributed by atoms with Crippen LogP contribution in [0.1, 0.15) is 6.92 Å². The Labute approximate surface area is 165 Å². The van der Waals surface area contributed by atoms with Gasteiger partial charge >= 0.3 is 0 Å². The number of hydrogen-bond acceptors (Lipinski definition) is 8. The van der Waals surface area contributed by atoms with E-state index in [1.807, 2.05) is 0 Å². The number of hydrogen-bond donors (Lipinski definition) is 1. The highest BCUT2D eigenvalue weighted by molar-refractivity contribution is 8.01. The van der Waals surface area contributed by atoms with Crippen LogP contribution in [0.25, 0.3) is 0 Å². The third-order valence-corrected chi connectivity index (χ3v) is 7.40. The molecule has 1 aliphatic rings. The first-order valence-electron chi connectivity index (χ1n) is 8.08. The standard InChI is InChI=1S/C16H18N4O4S3/c1-3-9-25-16-19-18-15(26-16)17-14(21)13-10-20(27(22,23)4-2)11-7-5-6-8-12(11)24-13/h3,5-8,13H,1,4,9-10H2,2H3,(H,17,18,21). The van der Waals surface area contributed by atoms with E-state index in [-0.39, 0.29) is 12.3 Å². The first-order valence-corrected chi connectivity index (χ1v) is 11.5. The minimum atomic E-state index is -3.54. The fraction of sp³-hybridized carbons (Fsp3) is 0.312. The van der Waals surface area contributed by atoms with Crippen LogP contribution in [0.2, 0.25) is 0 Å². The van der Waals surface area contributed by atoms with Crippen molar-refractivity contribution >= 4 is 49.8 Å². The molecule has 0 bridgehead atoms. The predicted molar refractivity (Wildman–Crippen MR) is 107 cm³/mol. The van der Waals surface area contributed by atoms with Gasteiger partial charge in [0.1, 0.15) is 5.75 Å². The van der Waals surface area contributed by atoms with E-state index in [1.165, 1.54) is 27.4 Å². The Morgan fingerprint density at radius 3 is 3.00 bits per heavy atom. The van der Waals surface area contributed by atoms with Crippen molar-refractivity contribution in [1.29, 1.82) is 0 Å². The molecule has 0 aliphatic carbocycles. The summed E-state index contributed by atoms with van der Waals surface area (Å²) in [5.74, 6) is 0.489. The molecule has 144 valence electrons. The predicted octanol–water partition coefficient (Wildman–Crippen LogP) is 2.37. The molecule has 0 saturated carbocycles. The summed E-state index contributed by atoms with van der Waals surface area (Å²) in [6.45, 7) is 5.10. The van der Waals surface area contributed by atoms with Crippen LogP contribution in [-0.4, -0.2) is 48.7 Å². The maximum absolute atomic E-state index is 12.6. The molecule has 2 aromatic rings. The van der Waals surface area contributed by atoms with E-state index in [4.69, 9.17) is 4.74 Å². The van der Waals surface area contributed by atoms with Gasteiger partial charge in [-0.2, -0.15) is 0 Å². The zero-order valence-corrected chi connectivity index (χ0v) is 16.9. The Morgan fingerprint density at radius 1 is 1.48 bits per heavy atom. The second-order valence-corrected chi connectivity index (χ2v) is 9.89. The van der Waals surface area contributed by atoms with Gasteiger partial charge in [-0.05, 0) is 19.1 Å². The Balaban J connectivity index is 1.78. The fourth-order valence-electron chi connectivity index (χ4n) is 2.39. The zero-order chi connectivity index (χ0) is 19.4. The highest BCUT2D eigenvalue weighted by Crippen LogP contribution is 2.35. The molecule has 1 aromatic heterocycles. The number of sulfonamides is 1. The Morgan fingerprint density at radius 2 is 2.26 bits per heavy atom. The summed E-state index contributed by atoms with van der Waals surface area (Å²) in [5.41, 5.74) is 0.433.